The molecule has 0 spiro atoms. The molecule has 2 rings (SSSR count). The predicted molar refractivity (Wildman–Crippen MR) is 97.5 cm³/mol. The molecular weight excluding hydrogens is 395 g/mol. The largest absolute Gasteiger partial charge is 0.376 e. The maximum Gasteiger partial charge on any atom is 0.192 e. The van der Waals surface area contributed by atoms with Crippen molar-refractivity contribution in [3.63, 3.8) is 0 Å². The van der Waals surface area contributed by atoms with E-state index in [4.69, 9.17) is 4.74 Å². The zero-order valence-corrected chi connectivity index (χ0v) is 15.5. The van der Waals surface area contributed by atoms with E-state index in [-0.39, 0.29) is 30.1 Å². The van der Waals surface area contributed by atoms with Crippen molar-refractivity contribution >= 4 is 29.9 Å². The SMILES string of the molecule is C=CCNC(=NCc1nnc(C)n1C)NCC1CCCO1.I. The number of aliphatic imine (C=N–C) groups is 1. The van der Waals surface area contributed by atoms with Crippen LogP contribution in [0, 0.1) is 6.92 Å². The third kappa shape index (κ3) is 5.56. The summed E-state index contributed by atoms with van der Waals surface area (Å²) in [5.74, 6) is 2.46. The predicted octanol–water partition coefficient (Wildman–Crippen LogP) is 1.14. The van der Waals surface area contributed by atoms with Gasteiger partial charge >= 0.3 is 0 Å². The molecule has 1 aliphatic heterocycles. The Balaban J connectivity index is 0.00000242. The van der Waals surface area contributed by atoms with E-state index in [1.165, 1.54) is 0 Å². The molecule has 124 valence electrons. The lowest BCUT2D eigenvalue weighted by Crippen LogP contribution is -2.41. The molecule has 1 unspecified atom stereocenters. The van der Waals surface area contributed by atoms with E-state index in [9.17, 15) is 0 Å². The van der Waals surface area contributed by atoms with E-state index >= 15 is 0 Å². The van der Waals surface area contributed by atoms with Gasteiger partial charge in [-0.05, 0) is 19.8 Å². The summed E-state index contributed by atoms with van der Waals surface area (Å²) < 4.78 is 7.54. The Hall–Kier alpha value is -1.16. The number of aromatic nitrogens is 3. The fourth-order valence-electron chi connectivity index (χ4n) is 2.10. The summed E-state index contributed by atoms with van der Waals surface area (Å²) >= 11 is 0. The summed E-state index contributed by atoms with van der Waals surface area (Å²) in [4.78, 5) is 4.53. The number of hydrogen-bond donors (Lipinski definition) is 2. The van der Waals surface area contributed by atoms with Crippen LogP contribution >= 0.6 is 24.0 Å². The summed E-state index contributed by atoms with van der Waals surface area (Å²) in [7, 11) is 1.94. The molecule has 8 heteroatoms. The van der Waals surface area contributed by atoms with Gasteiger partial charge < -0.3 is 19.9 Å². The van der Waals surface area contributed by atoms with Crippen molar-refractivity contribution in [3.05, 3.63) is 24.3 Å². The van der Waals surface area contributed by atoms with Crippen molar-refractivity contribution in [2.75, 3.05) is 19.7 Å². The topological polar surface area (TPSA) is 76.4 Å². The van der Waals surface area contributed by atoms with Gasteiger partial charge in [0, 0.05) is 26.7 Å². The zero-order chi connectivity index (χ0) is 15.1. The van der Waals surface area contributed by atoms with Gasteiger partial charge in [0.05, 0.1) is 6.10 Å². The third-order valence-corrected chi connectivity index (χ3v) is 3.50. The number of aryl methyl sites for hydroxylation is 1. The molecule has 1 aromatic rings. The van der Waals surface area contributed by atoms with Crippen molar-refractivity contribution < 1.29 is 4.74 Å². The molecule has 1 saturated heterocycles. The summed E-state index contributed by atoms with van der Waals surface area (Å²) in [6.45, 7) is 8.40. The van der Waals surface area contributed by atoms with Gasteiger partial charge in [-0.1, -0.05) is 6.08 Å². The molecular formula is C14H25IN6O. The van der Waals surface area contributed by atoms with Gasteiger partial charge in [0.25, 0.3) is 0 Å². The zero-order valence-electron chi connectivity index (χ0n) is 13.2. The number of halogens is 1. The van der Waals surface area contributed by atoms with Crippen molar-refractivity contribution in [3.8, 4) is 0 Å². The first-order valence-corrected chi connectivity index (χ1v) is 7.30. The fraction of sp³-hybridized carbons (Fsp3) is 0.643. The Morgan fingerprint density at radius 1 is 1.50 bits per heavy atom. The van der Waals surface area contributed by atoms with Crippen molar-refractivity contribution in [1.82, 2.24) is 25.4 Å². The van der Waals surface area contributed by atoms with Crippen LogP contribution in [-0.4, -0.2) is 46.5 Å². The summed E-state index contributed by atoms with van der Waals surface area (Å²) in [5.41, 5.74) is 0. The molecule has 0 bridgehead atoms. The molecule has 0 aromatic carbocycles. The minimum Gasteiger partial charge on any atom is -0.376 e. The summed E-state index contributed by atoms with van der Waals surface area (Å²) in [6.07, 6.45) is 4.31. The molecule has 0 saturated carbocycles. The van der Waals surface area contributed by atoms with E-state index in [1.54, 1.807) is 6.08 Å². The molecule has 22 heavy (non-hydrogen) atoms. The highest BCUT2D eigenvalue weighted by molar-refractivity contribution is 14.0. The number of nitrogens with one attached hydrogen (secondary N) is 2. The average Bonchev–Trinajstić information content (AvgIpc) is 3.11. The van der Waals surface area contributed by atoms with Crippen LogP contribution in [0.25, 0.3) is 0 Å². The Morgan fingerprint density at radius 3 is 2.91 bits per heavy atom. The Labute approximate surface area is 148 Å². The lowest BCUT2D eigenvalue weighted by atomic mass is 10.2. The van der Waals surface area contributed by atoms with E-state index in [0.717, 1.165) is 43.6 Å². The number of rotatable bonds is 6. The lowest BCUT2D eigenvalue weighted by Gasteiger charge is -2.14. The van der Waals surface area contributed by atoms with E-state index < -0.39 is 0 Å². The number of hydrogen-bond acceptors (Lipinski definition) is 4. The van der Waals surface area contributed by atoms with Gasteiger partial charge in [-0.25, -0.2) is 4.99 Å². The fourth-order valence-corrected chi connectivity index (χ4v) is 2.10. The molecule has 0 amide bonds. The molecule has 1 atom stereocenters. The Morgan fingerprint density at radius 2 is 2.32 bits per heavy atom. The van der Waals surface area contributed by atoms with Crippen LogP contribution in [0.5, 0.6) is 0 Å². The Bertz CT molecular complexity index is 496. The van der Waals surface area contributed by atoms with Crippen LogP contribution in [0.3, 0.4) is 0 Å². The van der Waals surface area contributed by atoms with Gasteiger partial charge in [-0.15, -0.1) is 40.8 Å². The van der Waals surface area contributed by atoms with E-state index in [2.05, 4.69) is 32.4 Å². The molecule has 1 aliphatic rings. The summed E-state index contributed by atoms with van der Waals surface area (Å²) in [5, 5.41) is 14.6. The van der Waals surface area contributed by atoms with E-state index in [0.29, 0.717) is 13.1 Å². The van der Waals surface area contributed by atoms with Crippen LogP contribution in [0.2, 0.25) is 0 Å². The molecule has 0 aliphatic carbocycles. The number of nitrogens with zero attached hydrogens (tertiary/aromatic N) is 4. The van der Waals surface area contributed by atoms with Crippen LogP contribution in [-0.2, 0) is 18.3 Å². The maximum absolute atomic E-state index is 5.60. The highest BCUT2D eigenvalue weighted by Crippen LogP contribution is 2.10. The van der Waals surface area contributed by atoms with Crippen molar-refractivity contribution in [2.24, 2.45) is 12.0 Å². The minimum atomic E-state index is 0. The number of guanidine groups is 1. The van der Waals surface area contributed by atoms with Gasteiger partial charge in [0.2, 0.25) is 0 Å². The third-order valence-electron chi connectivity index (χ3n) is 3.50. The lowest BCUT2D eigenvalue weighted by molar-refractivity contribution is 0.114. The second-order valence-electron chi connectivity index (χ2n) is 5.07. The number of ether oxygens (including phenoxy) is 1. The molecule has 2 heterocycles. The van der Waals surface area contributed by atoms with Crippen molar-refractivity contribution in [2.45, 2.75) is 32.4 Å². The van der Waals surface area contributed by atoms with Crippen LogP contribution in [0.15, 0.2) is 17.6 Å². The van der Waals surface area contributed by atoms with Gasteiger partial charge in [-0.3, -0.25) is 0 Å². The molecule has 2 N–H and O–H groups in total. The van der Waals surface area contributed by atoms with Gasteiger partial charge in [0.1, 0.15) is 12.4 Å². The monoisotopic (exact) mass is 420 g/mol. The second-order valence-corrected chi connectivity index (χ2v) is 5.07. The first-order chi connectivity index (χ1) is 10.2. The molecule has 1 fully saturated rings. The highest BCUT2D eigenvalue weighted by Gasteiger charge is 2.15. The normalized spacial score (nSPS) is 17.9. The van der Waals surface area contributed by atoms with Crippen LogP contribution in [0.1, 0.15) is 24.5 Å². The van der Waals surface area contributed by atoms with Crippen LogP contribution < -0.4 is 10.6 Å². The minimum absolute atomic E-state index is 0. The molecule has 1 aromatic heterocycles. The second kappa shape index (κ2) is 9.78. The quantitative estimate of drug-likeness (QED) is 0.313. The van der Waals surface area contributed by atoms with Gasteiger partial charge in [0.15, 0.2) is 11.8 Å². The molecule has 0 radical (unpaired) electrons. The maximum atomic E-state index is 5.60. The smallest absolute Gasteiger partial charge is 0.192 e. The average molecular weight is 420 g/mol. The summed E-state index contributed by atoms with van der Waals surface area (Å²) in [6, 6.07) is 0. The first kappa shape index (κ1) is 18.9. The Kier molecular flexibility index (Phi) is 8.39. The van der Waals surface area contributed by atoms with Crippen LogP contribution in [0.4, 0.5) is 0 Å². The first-order valence-electron chi connectivity index (χ1n) is 7.30. The highest BCUT2D eigenvalue weighted by atomic mass is 127. The van der Waals surface area contributed by atoms with Crippen molar-refractivity contribution in [1.29, 1.82) is 0 Å². The standard InChI is InChI=1S/C14H24N6O.HI/c1-4-7-15-14(16-9-12-6-5-8-21-12)17-10-13-19-18-11(2)20(13)3;/h4,12H,1,5-10H2,2-3H3,(H2,15,16,17);1H. The van der Waals surface area contributed by atoms with Gasteiger partial charge in [-0.2, -0.15) is 0 Å². The molecule has 7 nitrogen and oxygen atoms in total. The van der Waals surface area contributed by atoms with E-state index in [1.807, 2.05) is 18.5 Å².